The van der Waals surface area contributed by atoms with Gasteiger partial charge in [-0.05, 0) is 42.5 Å². The Balaban J connectivity index is 2.15. The average molecular weight is 422 g/mol. The second-order valence-corrected chi connectivity index (χ2v) is 8.57. The van der Waals surface area contributed by atoms with Gasteiger partial charge in [-0.15, -0.1) is 10.2 Å². The van der Waals surface area contributed by atoms with Crippen LogP contribution in [-0.2, 0) is 20.2 Å². The summed E-state index contributed by atoms with van der Waals surface area (Å²) in [4.78, 5) is -0.849. The highest BCUT2D eigenvalue weighted by Gasteiger charge is 2.16. The molecule has 0 spiro atoms. The third-order valence-electron chi connectivity index (χ3n) is 3.82. The van der Waals surface area contributed by atoms with Gasteiger partial charge in [-0.1, -0.05) is 6.07 Å². The van der Waals surface area contributed by atoms with Crippen molar-refractivity contribution in [1.82, 2.24) is 0 Å². The molecule has 0 radical (unpaired) electrons. The van der Waals surface area contributed by atoms with Crippen molar-refractivity contribution in [1.29, 1.82) is 0 Å². The van der Waals surface area contributed by atoms with Crippen LogP contribution in [0.5, 0.6) is 0 Å². The Morgan fingerprint density at radius 3 is 2.00 bits per heavy atom. The molecule has 0 amide bonds. The van der Waals surface area contributed by atoms with E-state index in [0.717, 1.165) is 6.07 Å². The topological polar surface area (TPSA) is 185 Å². The molecule has 0 atom stereocenters. The Labute approximate surface area is 160 Å². The highest BCUT2D eigenvalue weighted by atomic mass is 32.2. The third-order valence-corrected chi connectivity index (χ3v) is 5.56. The molecule has 0 aromatic heterocycles. The van der Waals surface area contributed by atoms with Crippen molar-refractivity contribution in [2.24, 2.45) is 10.2 Å². The molecule has 10 nitrogen and oxygen atoms in total. The molecule has 0 unspecified atom stereocenters. The molecule has 6 N–H and O–H groups in total. The third kappa shape index (κ3) is 3.94. The maximum absolute atomic E-state index is 11.5. The molecule has 0 heterocycles. The van der Waals surface area contributed by atoms with Crippen molar-refractivity contribution >= 4 is 53.8 Å². The van der Waals surface area contributed by atoms with E-state index < -0.39 is 25.1 Å². The number of nitrogens with zero attached hydrogens (tertiary/aromatic N) is 2. The molecule has 0 saturated carbocycles. The lowest BCUT2D eigenvalue weighted by atomic mass is 10.1. The van der Waals surface area contributed by atoms with Crippen molar-refractivity contribution in [3.8, 4) is 0 Å². The summed E-state index contributed by atoms with van der Waals surface area (Å²) >= 11 is 0. The molecular weight excluding hydrogens is 408 g/mol. The van der Waals surface area contributed by atoms with E-state index in [-0.39, 0.29) is 27.6 Å². The standard InChI is InChI=1S/C16H14N4O6S2/c17-9-1-5-15(16(7-9)28(24,25)26)20-19-14-6-4-13(18)12-8-10(27(21,22)23)2-3-11(12)14/h1-8H,17-18H2,(H,21,22,23)(H,24,25,26). The van der Waals surface area contributed by atoms with Crippen molar-refractivity contribution in [2.45, 2.75) is 9.79 Å². The number of hydrogen-bond acceptors (Lipinski definition) is 8. The quantitative estimate of drug-likeness (QED) is 0.281. The number of rotatable bonds is 4. The zero-order valence-electron chi connectivity index (χ0n) is 14.0. The van der Waals surface area contributed by atoms with Crippen LogP contribution >= 0.6 is 0 Å². The monoisotopic (exact) mass is 422 g/mol. The molecule has 0 saturated heterocycles. The van der Waals surface area contributed by atoms with Gasteiger partial charge >= 0.3 is 0 Å². The number of nitrogens with two attached hydrogens (primary N) is 2. The summed E-state index contributed by atoms with van der Waals surface area (Å²) in [5.41, 5.74) is 11.9. The first-order valence-corrected chi connectivity index (χ1v) is 10.4. The number of azo groups is 1. The number of fused-ring (bicyclic) bond motifs is 1. The fourth-order valence-electron chi connectivity index (χ4n) is 2.51. The van der Waals surface area contributed by atoms with Crippen molar-refractivity contribution in [3.63, 3.8) is 0 Å². The van der Waals surface area contributed by atoms with Crippen LogP contribution in [0.15, 0.2) is 68.6 Å². The predicted octanol–water partition coefficient (Wildman–Crippen LogP) is 2.91. The van der Waals surface area contributed by atoms with Crippen LogP contribution in [-0.4, -0.2) is 25.9 Å². The Bertz CT molecular complexity index is 1330. The van der Waals surface area contributed by atoms with Crippen LogP contribution in [0, 0.1) is 0 Å². The molecule has 0 aliphatic rings. The van der Waals surface area contributed by atoms with Crippen LogP contribution in [0.25, 0.3) is 10.8 Å². The summed E-state index contributed by atoms with van der Waals surface area (Å²) in [7, 11) is -9.00. The largest absolute Gasteiger partial charge is 0.399 e. The smallest absolute Gasteiger partial charge is 0.296 e. The molecule has 12 heteroatoms. The van der Waals surface area contributed by atoms with Gasteiger partial charge in [-0.25, -0.2) is 0 Å². The fourth-order valence-corrected chi connectivity index (χ4v) is 3.67. The van der Waals surface area contributed by atoms with Gasteiger partial charge in [0, 0.05) is 22.1 Å². The Hall–Kier alpha value is -3.06. The highest BCUT2D eigenvalue weighted by molar-refractivity contribution is 7.86. The van der Waals surface area contributed by atoms with E-state index in [1.54, 1.807) is 0 Å². The second-order valence-electron chi connectivity index (χ2n) is 5.76. The first-order chi connectivity index (χ1) is 13.0. The lowest BCUT2D eigenvalue weighted by Crippen LogP contribution is -1.99. The van der Waals surface area contributed by atoms with Gasteiger partial charge in [-0.3, -0.25) is 9.11 Å². The number of hydrogen-bond donors (Lipinski definition) is 4. The van der Waals surface area contributed by atoms with E-state index in [1.165, 1.54) is 42.5 Å². The maximum Gasteiger partial charge on any atom is 0.296 e. The molecule has 3 rings (SSSR count). The molecule has 3 aromatic rings. The van der Waals surface area contributed by atoms with E-state index in [1.807, 2.05) is 0 Å². The van der Waals surface area contributed by atoms with E-state index in [4.69, 9.17) is 11.5 Å². The van der Waals surface area contributed by atoms with E-state index in [2.05, 4.69) is 10.2 Å². The summed E-state index contributed by atoms with van der Waals surface area (Å²) in [5.74, 6) is 0. The zero-order valence-corrected chi connectivity index (χ0v) is 15.6. The number of nitrogen functional groups attached to an aromatic ring is 2. The summed E-state index contributed by atoms with van der Waals surface area (Å²) in [5, 5.41) is 8.56. The average Bonchev–Trinajstić information content (AvgIpc) is 2.60. The Morgan fingerprint density at radius 1 is 0.714 bits per heavy atom. The minimum atomic E-state index is -4.58. The molecule has 0 aliphatic carbocycles. The van der Waals surface area contributed by atoms with Crippen LogP contribution in [0.2, 0.25) is 0 Å². The van der Waals surface area contributed by atoms with Crippen molar-refractivity contribution in [2.75, 3.05) is 11.5 Å². The van der Waals surface area contributed by atoms with Crippen LogP contribution < -0.4 is 11.5 Å². The van der Waals surface area contributed by atoms with Crippen molar-refractivity contribution in [3.05, 3.63) is 48.5 Å². The predicted molar refractivity (Wildman–Crippen MR) is 103 cm³/mol. The van der Waals surface area contributed by atoms with E-state index in [9.17, 15) is 25.9 Å². The number of benzene rings is 3. The normalized spacial score (nSPS) is 12.6. The first-order valence-electron chi connectivity index (χ1n) is 7.55. The molecule has 146 valence electrons. The molecule has 28 heavy (non-hydrogen) atoms. The SMILES string of the molecule is Nc1ccc(N=Nc2ccc(N)c3cc(S(=O)(=O)O)ccc23)c(S(=O)(=O)O)c1. The second kappa shape index (κ2) is 6.83. The van der Waals surface area contributed by atoms with Gasteiger partial charge in [0.05, 0.1) is 10.6 Å². The minimum Gasteiger partial charge on any atom is -0.399 e. The van der Waals surface area contributed by atoms with Gasteiger partial charge in [0.15, 0.2) is 0 Å². The van der Waals surface area contributed by atoms with Gasteiger partial charge in [0.25, 0.3) is 20.2 Å². The molecule has 0 bridgehead atoms. The van der Waals surface area contributed by atoms with Gasteiger partial charge in [0.2, 0.25) is 0 Å². The summed E-state index contributed by atoms with van der Waals surface area (Å²) in [6.45, 7) is 0. The lowest BCUT2D eigenvalue weighted by Gasteiger charge is -2.07. The van der Waals surface area contributed by atoms with Gasteiger partial charge in [0.1, 0.15) is 10.6 Å². The molecule has 0 fully saturated rings. The van der Waals surface area contributed by atoms with Crippen LogP contribution in [0.4, 0.5) is 22.7 Å². The van der Waals surface area contributed by atoms with E-state index >= 15 is 0 Å². The maximum atomic E-state index is 11.5. The number of anilines is 2. The van der Waals surface area contributed by atoms with Crippen LogP contribution in [0.3, 0.4) is 0 Å². The zero-order chi connectivity index (χ0) is 20.7. The fraction of sp³-hybridized carbons (Fsp3) is 0. The molecule has 3 aromatic carbocycles. The molecule has 0 aliphatic heterocycles. The highest BCUT2D eigenvalue weighted by Crippen LogP contribution is 2.34. The van der Waals surface area contributed by atoms with Gasteiger partial charge < -0.3 is 11.5 Å². The molecular formula is C16H14N4O6S2. The first kappa shape index (κ1) is 19.7. The Morgan fingerprint density at radius 2 is 1.36 bits per heavy atom. The summed E-state index contributed by atoms with van der Waals surface area (Å²) in [6.07, 6.45) is 0. The summed E-state index contributed by atoms with van der Waals surface area (Å²) in [6, 6.07) is 10.4. The van der Waals surface area contributed by atoms with Gasteiger partial charge in [-0.2, -0.15) is 16.8 Å². The minimum absolute atomic E-state index is 0.113. The van der Waals surface area contributed by atoms with E-state index in [0.29, 0.717) is 10.8 Å². The Kier molecular flexibility index (Phi) is 4.81. The lowest BCUT2D eigenvalue weighted by molar-refractivity contribution is 0.481. The van der Waals surface area contributed by atoms with Crippen molar-refractivity contribution < 1.29 is 25.9 Å². The summed E-state index contributed by atoms with van der Waals surface area (Å²) < 4.78 is 64.2. The van der Waals surface area contributed by atoms with Crippen LogP contribution in [0.1, 0.15) is 0 Å².